The molecule has 32 heavy (non-hydrogen) atoms. The molecule has 0 atom stereocenters. The summed E-state index contributed by atoms with van der Waals surface area (Å²) in [6.45, 7) is 0.262. The van der Waals surface area contributed by atoms with E-state index in [0.717, 1.165) is 14.7 Å². The van der Waals surface area contributed by atoms with Crippen LogP contribution in [0.3, 0.4) is 0 Å². The fourth-order valence-corrected chi connectivity index (χ4v) is 4.70. The van der Waals surface area contributed by atoms with E-state index in [2.05, 4.69) is 32.9 Å². The van der Waals surface area contributed by atoms with Crippen molar-refractivity contribution >= 4 is 80.4 Å². The van der Waals surface area contributed by atoms with E-state index in [1.807, 2.05) is 18.2 Å². The Bertz CT molecular complexity index is 1270. The highest BCUT2D eigenvalue weighted by molar-refractivity contribution is 14.1. The van der Waals surface area contributed by atoms with Crippen LogP contribution in [0, 0.1) is 9.39 Å². The van der Waals surface area contributed by atoms with Crippen molar-refractivity contribution in [2.75, 3.05) is 0 Å². The fraction of sp³-hybridized carbons (Fsp3) is 0.0435. The van der Waals surface area contributed by atoms with Crippen LogP contribution in [0.5, 0.6) is 5.75 Å². The number of hydrogen-bond acceptors (Lipinski definition) is 4. The van der Waals surface area contributed by atoms with Crippen molar-refractivity contribution in [2.24, 2.45) is 4.99 Å². The number of ether oxygens (including phenoxy) is 1. The van der Waals surface area contributed by atoms with Gasteiger partial charge in [0.15, 0.2) is 5.17 Å². The fourth-order valence-electron chi connectivity index (χ4n) is 2.83. The zero-order chi connectivity index (χ0) is 22.7. The highest BCUT2D eigenvalue weighted by Gasteiger charge is 2.24. The zero-order valence-electron chi connectivity index (χ0n) is 16.2. The molecule has 1 fully saturated rings. The molecule has 0 saturated carbocycles. The Hall–Kier alpha value is -2.07. The van der Waals surface area contributed by atoms with E-state index >= 15 is 0 Å². The van der Waals surface area contributed by atoms with Crippen LogP contribution in [0.15, 0.2) is 70.6 Å². The van der Waals surface area contributed by atoms with E-state index < -0.39 is 0 Å². The van der Waals surface area contributed by atoms with E-state index in [0.29, 0.717) is 31.6 Å². The second-order valence-electron chi connectivity index (χ2n) is 6.66. The molecule has 4 nitrogen and oxygen atoms in total. The average Bonchev–Trinajstić information content (AvgIpc) is 3.09. The Morgan fingerprint density at radius 2 is 1.94 bits per heavy atom. The number of nitrogens with one attached hydrogen (secondary N) is 1. The minimum absolute atomic E-state index is 0.242. The standard InChI is InChI=1S/C23H14Cl2FIN2O2S/c24-16-5-2-6-18(21(16)25)28-23-29-22(30)20(32-23)11-13-7-8-19(17(27)10-13)31-12-14-3-1-4-15(26)9-14/h1-11H,12H2,(H,28,29,30)/b20-11+. The number of thioether (sulfide) groups is 1. The molecule has 0 aliphatic carbocycles. The normalized spacial score (nSPS) is 15.9. The summed E-state index contributed by atoms with van der Waals surface area (Å²) in [5.41, 5.74) is 2.07. The molecule has 3 aromatic rings. The van der Waals surface area contributed by atoms with Gasteiger partial charge in [0.25, 0.3) is 5.91 Å². The van der Waals surface area contributed by atoms with Gasteiger partial charge < -0.3 is 10.1 Å². The van der Waals surface area contributed by atoms with E-state index in [-0.39, 0.29) is 18.3 Å². The number of amidine groups is 1. The molecule has 1 amide bonds. The Kier molecular flexibility index (Phi) is 7.40. The van der Waals surface area contributed by atoms with Gasteiger partial charge in [0.2, 0.25) is 0 Å². The van der Waals surface area contributed by atoms with Gasteiger partial charge in [-0.05, 0) is 88.0 Å². The first-order valence-electron chi connectivity index (χ1n) is 9.29. The molecule has 0 bridgehead atoms. The second-order valence-corrected chi connectivity index (χ2v) is 9.64. The highest BCUT2D eigenvalue weighted by atomic mass is 127. The molecule has 1 N–H and O–H groups in total. The smallest absolute Gasteiger partial charge is 0.264 e. The van der Waals surface area contributed by atoms with Crippen LogP contribution < -0.4 is 10.1 Å². The lowest BCUT2D eigenvalue weighted by Crippen LogP contribution is -2.19. The van der Waals surface area contributed by atoms with E-state index in [1.54, 1.807) is 36.4 Å². The maximum atomic E-state index is 13.3. The summed E-state index contributed by atoms with van der Waals surface area (Å²) in [6, 6.07) is 17.0. The van der Waals surface area contributed by atoms with Gasteiger partial charge in [-0.15, -0.1) is 0 Å². The molecule has 0 radical (unpaired) electrons. The number of amides is 1. The molecular weight excluding hydrogens is 585 g/mol. The molecule has 0 aromatic heterocycles. The molecule has 162 valence electrons. The summed E-state index contributed by atoms with van der Waals surface area (Å²) in [5.74, 6) is 0.141. The van der Waals surface area contributed by atoms with Crippen LogP contribution in [0.25, 0.3) is 6.08 Å². The van der Waals surface area contributed by atoms with Gasteiger partial charge in [0.05, 0.1) is 24.2 Å². The first-order valence-corrected chi connectivity index (χ1v) is 11.9. The van der Waals surface area contributed by atoms with Crippen molar-refractivity contribution < 1.29 is 13.9 Å². The summed E-state index contributed by atoms with van der Waals surface area (Å²) in [4.78, 5) is 17.3. The first-order chi connectivity index (χ1) is 15.4. The largest absolute Gasteiger partial charge is 0.488 e. The van der Waals surface area contributed by atoms with Crippen molar-refractivity contribution in [3.05, 3.63) is 96.1 Å². The Morgan fingerprint density at radius 1 is 1.12 bits per heavy atom. The lowest BCUT2D eigenvalue weighted by molar-refractivity contribution is -0.115. The number of nitrogens with zero attached hydrogens (tertiary/aromatic N) is 1. The summed E-state index contributed by atoms with van der Waals surface area (Å²) >= 11 is 15.6. The van der Waals surface area contributed by atoms with Crippen molar-refractivity contribution in [1.29, 1.82) is 0 Å². The quantitative estimate of drug-likeness (QED) is 0.249. The topological polar surface area (TPSA) is 50.7 Å². The molecule has 3 aromatic carbocycles. The molecule has 1 aliphatic rings. The third kappa shape index (κ3) is 5.64. The van der Waals surface area contributed by atoms with Gasteiger partial charge in [-0.25, -0.2) is 9.38 Å². The van der Waals surface area contributed by atoms with Crippen molar-refractivity contribution in [2.45, 2.75) is 6.61 Å². The number of carbonyl (C=O) groups is 1. The van der Waals surface area contributed by atoms with Crippen LogP contribution in [-0.4, -0.2) is 11.1 Å². The van der Waals surface area contributed by atoms with Gasteiger partial charge in [-0.2, -0.15) is 0 Å². The summed E-state index contributed by atoms with van der Waals surface area (Å²) < 4.78 is 20.0. The zero-order valence-corrected chi connectivity index (χ0v) is 20.7. The molecule has 0 spiro atoms. The van der Waals surface area contributed by atoms with E-state index in [9.17, 15) is 9.18 Å². The molecule has 1 aliphatic heterocycles. The molecular formula is C23H14Cl2FIN2O2S. The van der Waals surface area contributed by atoms with Crippen LogP contribution >= 0.6 is 57.6 Å². The third-order valence-electron chi connectivity index (χ3n) is 4.34. The van der Waals surface area contributed by atoms with Gasteiger partial charge in [-0.1, -0.05) is 47.5 Å². The summed E-state index contributed by atoms with van der Waals surface area (Å²) in [5, 5.41) is 3.89. The van der Waals surface area contributed by atoms with E-state index in [4.69, 9.17) is 27.9 Å². The number of benzene rings is 3. The van der Waals surface area contributed by atoms with Crippen LogP contribution in [0.2, 0.25) is 10.0 Å². The Morgan fingerprint density at radius 3 is 2.72 bits per heavy atom. The predicted octanol–water partition coefficient (Wildman–Crippen LogP) is 7.21. The lowest BCUT2D eigenvalue weighted by Gasteiger charge is -2.09. The Balaban J connectivity index is 1.47. The maximum absolute atomic E-state index is 13.3. The molecule has 0 unspecified atom stereocenters. The maximum Gasteiger partial charge on any atom is 0.264 e. The lowest BCUT2D eigenvalue weighted by atomic mass is 10.2. The predicted molar refractivity (Wildman–Crippen MR) is 137 cm³/mol. The van der Waals surface area contributed by atoms with Crippen molar-refractivity contribution in [1.82, 2.24) is 5.32 Å². The number of rotatable bonds is 5. The molecule has 1 saturated heterocycles. The van der Waals surface area contributed by atoms with E-state index in [1.165, 1.54) is 23.9 Å². The van der Waals surface area contributed by atoms with Crippen molar-refractivity contribution in [3.8, 4) is 5.75 Å². The summed E-state index contributed by atoms with van der Waals surface area (Å²) in [7, 11) is 0. The summed E-state index contributed by atoms with van der Waals surface area (Å²) in [6.07, 6.45) is 1.78. The highest BCUT2D eigenvalue weighted by Crippen LogP contribution is 2.35. The van der Waals surface area contributed by atoms with Crippen LogP contribution in [-0.2, 0) is 11.4 Å². The number of carbonyl (C=O) groups excluding carboxylic acids is 1. The minimum Gasteiger partial charge on any atom is -0.488 e. The number of hydrogen-bond donors (Lipinski definition) is 1. The number of aliphatic imine (C=N–C) groups is 1. The second kappa shape index (κ2) is 10.2. The third-order valence-corrected chi connectivity index (χ3v) is 6.90. The molecule has 9 heteroatoms. The number of halogens is 4. The SMILES string of the molecule is O=C1NC(=Nc2cccc(Cl)c2Cl)S/C1=C/c1ccc(OCc2cccc(F)c2)c(I)c1. The Labute approximate surface area is 212 Å². The van der Waals surface area contributed by atoms with Crippen LogP contribution in [0.1, 0.15) is 11.1 Å². The van der Waals surface area contributed by atoms with Gasteiger partial charge in [0.1, 0.15) is 18.2 Å². The van der Waals surface area contributed by atoms with Gasteiger partial charge >= 0.3 is 0 Å². The van der Waals surface area contributed by atoms with Gasteiger partial charge in [-0.3, -0.25) is 4.79 Å². The minimum atomic E-state index is -0.296. The first kappa shape index (κ1) is 23.1. The van der Waals surface area contributed by atoms with Crippen molar-refractivity contribution in [3.63, 3.8) is 0 Å². The monoisotopic (exact) mass is 598 g/mol. The average molecular weight is 599 g/mol. The van der Waals surface area contributed by atoms with Gasteiger partial charge in [0, 0.05) is 0 Å². The molecule has 4 rings (SSSR count). The van der Waals surface area contributed by atoms with Crippen LogP contribution in [0.4, 0.5) is 10.1 Å². The molecule has 1 heterocycles.